The van der Waals surface area contributed by atoms with Gasteiger partial charge in [-0.25, -0.2) is 4.39 Å². The summed E-state index contributed by atoms with van der Waals surface area (Å²) in [6.07, 6.45) is 0.630. The third-order valence-corrected chi connectivity index (χ3v) is 1.22. The largest absolute Gasteiger partial charge is 0.321 e. The summed E-state index contributed by atoms with van der Waals surface area (Å²) in [5.74, 6) is -0.988. The Balaban J connectivity index is 2.76. The van der Waals surface area contributed by atoms with Gasteiger partial charge < -0.3 is 10.7 Å². The molecule has 12 heavy (non-hydrogen) atoms. The van der Waals surface area contributed by atoms with Gasteiger partial charge in [0, 0.05) is 5.69 Å². The van der Waals surface area contributed by atoms with E-state index in [0.717, 1.165) is 0 Å². The molecule has 0 saturated carbocycles. The molecular formula is C8H7FN2O. The second kappa shape index (κ2) is 3.61. The van der Waals surface area contributed by atoms with Crippen LogP contribution >= 0.6 is 0 Å². The number of hydrogen-bond acceptors (Lipinski definition) is 2. The maximum Gasteiger partial charge on any atom is 0.266 e. The van der Waals surface area contributed by atoms with Crippen LogP contribution in [-0.2, 0) is 4.79 Å². The molecule has 0 unspecified atom stereocenters. The number of amides is 1. The number of nitrogens with one attached hydrogen (secondary N) is 2. The molecule has 1 amide bonds. The highest BCUT2D eigenvalue weighted by atomic mass is 19.1. The minimum absolute atomic E-state index is 0.350. The Hall–Kier alpha value is -1.71. The molecule has 1 rings (SSSR count). The van der Waals surface area contributed by atoms with Gasteiger partial charge in [0.15, 0.2) is 0 Å². The monoisotopic (exact) mass is 166 g/mol. The van der Waals surface area contributed by atoms with E-state index in [4.69, 9.17) is 5.41 Å². The van der Waals surface area contributed by atoms with Gasteiger partial charge in [-0.15, -0.1) is 0 Å². The number of benzene rings is 1. The maximum absolute atomic E-state index is 12.5. The zero-order valence-corrected chi connectivity index (χ0v) is 6.17. The lowest BCUT2D eigenvalue weighted by Crippen LogP contribution is -2.11. The number of rotatable bonds is 2. The van der Waals surface area contributed by atoms with Crippen LogP contribution in [0.3, 0.4) is 0 Å². The van der Waals surface area contributed by atoms with Crippen molar-refractivity contribution >= 4 is 17.8 Å². The molecule has 0 aromatic heterocycles. The SMILES string of the molecule is N=CC(=O)Nc1cccc(F)c1. The van der Waals surface area contributed by atoms with E-state index < -0.39 is 11.7 Å². The van der Waals surface area contributed by atoms with Crippen molar-refractivity contribution in [3.63, 3.8) is 0 Å². The van der Waals surface area contributed by atoms with Crippen LogP contribution in [0.25, 0.3) is 0 Å². The van der Waals surface area contributed by atoms with E-state index in [1.165, 1.54) is 18.2 Å². The fourth-order valence-electron chi connectivity index (χ4n) is 0.745. The van der Waals surface area contributed by atoms with Gasteiger partial charge in [0.25, 0.3) is 5.91 Å². The fraction of sp³-hybridized carbons (Fsp3) is 0. The second-order valence-electron chi connectivity index (χ2n) is 2.14. The van der Waals surface area contributed by atoms with Crippen LogP contribution < -0.4 is 5.32 Å². The molecule has 3 nitrogen and oxygen atoms in total. The van der Waals surface area contributed by atoms with Gasteiger partial charge in [0.2, 0.25) is 0 Å². The number of hydrogen-bond donors (Lipinski definition) is 2. The minimum atomic E-state index is -0.569. The standard InChI is InChI=1S/C8H7FN2O/c9-6-2-1-3-7(4-6)11-8(12)5-10/h1-5,10H,(H,11,12). The summed E-state index contributed by atoms with van der Waals surface area (Å²) < 4.78 is 12.5. The van der Waals surface area contributed by atoms with Gasteiger partial charge >= 0.3 is 0 Å². The molecule has 0 saturated heterocycles. The summed E-state index contributed by atoms with van der Waals surface area (Å²) in [6, 6.07) is 5.49. The Morgan fingerprint density at radius 1 is 1.58 bits per heavy atom. The van der Waals surface area contributed by atoms with Crippen molar-refractivity contribution in [1.29, 1.82) is 5.41 Å². The average molecular weight is 166 g/mol. The third kappa shape index (κ3) is 2.16. The summed E-state index contributed by atoms with van der Waals surface area (Å²) in [5.41, 5.74) is 0.350. The summed E-state index contributed by atoms with van der Waals surface area (Å²) in [7, 11) is 0. The van der Waals surface area contributed by atoms with E-state index in [1.54, 1.807) is 6.07 Å². The van der Waals surface area contributed by atoms with Crippen molar-refractivity contribution in [3.8, 4) is 0 Å². The Morgan fingerprint density at radius 3 is 2.92 bits per heavy atom. The summed E-state index contributed by atoms with van der Waals surface area (Å²) >= 11 is 0. The first-order chi connectivity index (χ1) is 5.72. The first kappa shape index (κ1) is 8.39. The maximum atomic E-state index is 12.5. The fourth-order valence-corrected chi connectivity index (χ4v) is 0.745. The molecule has 1 aromatic rings. The molecule has 0 atom stereocenters. The molecule has 0 aliphatic heterocycles. The Morgan fingerprint density at radius 2 is 2.33 bits per heavy atom. The molecule has 0 heterocycles. The summed E-state index contributed by atoms with van der Waals surface area (Å²) in [4.78, 5) is 10.6. The Labute approximate surface area is 68.7 Å². The predicted octanol–water partition coefficient (Wildman–Crippen LogP) is 1.41. The van der Waals surface area contributed by atoms with Crippen LogP contribution in [0.2, 0.25) is 0 Å². The lowest BCUT2D eigenvalue weighted by molar-refractivity contribution is -0.110. The van der Waals surface area contributed by atoms with E-state index in [1.807, 2.05) is 0 Å². The van der Waals surface area contributed by atoms with Crippen LogP contribution in [0.5, 0.6) is 0 Å². The van der Waals surface area contributed by atoms with Crippen molar-refractivity contribution in [2.45, 2.75) is 0 Å². The number of carbonyl (C=O) groups excluding carboxylic acids is 1. The average Bonchev–Trinajstić information content (AvgIpc) is 2.04. The van der Waals surface area contributed by atoms with E-state index in [2.05, 4.69) is 5.32 Å². The quantitative estimate of drug-likeness (QED) is 0.641. The Bertz CT molecular complexity index is 312. The molecule has 62 valence electrons. The highest BCUT2D eigenvalue weighted by Crippen LogP contribution is 2.07. The zero-order chi connectivity index (χ0) is 8.97. The molecule has 0 spiro atoms. The van der Waals surface area contributed by atoms with Crippen LogP contribution in [0.4, 0.5) is 10.1 Å². The number of anilines is 1. The van der Waals surface area contributed by atoms with E-state index in [9.17, 15) is 9.18 Å². The number of carbonyl (C=O) groups is 1. The lowest BCUT2D eigenvalue weighted by Gasteiger charge is -1.99. The molecule has 4 heteroatoms. The molecule has 0 aliphatic carbocycles. The van der Waals surface area contributed by atoms with E-state index in [-0.39, 0.29) is 0 Å². The highest BCUT2D eigenvalue weighted by Gasteiger charge is 1.97. The first-order valence-corrected chi connectivity index (χ1v) is 3.29. The van der Waals surface area contributed by atoms with Gasteiger partial charge in [0.05, 0.1) is 6.21 Å². The van der Waals surface area contributed by atoms with Crippen molar-refractivity contribution in [1.82, 2.24) is 0 Å². The molecule has 2 N–H and O–H groups in total. The molecule has 0 radical (unpaired) electrons. The van der Waals surface area contributed by atoms with Gasteiger partial charge in [0.1, 0.15) is 5.82 Å². The molecule has 1 aromatic carbocycles. The second-order valence-corrected chi connectivity index (χ2v) is 2.14. The molecule has 0 bridgehead atoms. The van der Waals surface area contributed by atoms with Crippen molar-refractivity contribution in [3.05, 3.63) is 30.1 Å². The van der Waals surface area contributed by atoms with Gasteiger partial charge in [-0.05, 0) is 18.2 Å². The van der Waals surface area contributed by atoms with Crippen LogP contribution in [0, 0.1) is 11.2 Å². The minimum Gasteiger partial charge on any atom is -0.321 e. The predicted molar refractivity (Wildman–Crippen MR) is 43.8 cm³/mol. The van der Waals surface area contributed by atoms with Crippen LogP contribution in [0.1, 0.15) is 0 Å². The van der Waals surface area contributed by atoms with Crippen LogP contribution in [-0.4, -0.2) is 12.1 Å². The zero-order valence-electron chi connectivity index (χ0n) is 6.17. The molecular weight excluding hydrogens is 159 g/mol. The first-order valence-electron chi connectivity index (χ1n) is 3.29. The van der Waals surface area contributed by atoms with Gasteiger partial charge in [-0.3, -0.25) is 4.79 Å². The van der Waals surface area contributed by atoms with E-state index in [0.29, 0.717) is 11.9 Å². The van der Waals surface area contributed by atoms with E-state index >= 15 is 0 Å². The molecule has 0 aliphatic rings. The molecule has 0 fully saturated rings. The lowest BCUT2D eigenvalue weighted by atomic mass is 10.3. The summed E-state index contributed by atoms with van der Waals surface area (Å²) in [5, 5.41) is 8.89. The number of halogens is 1. The van der Waals surface area contributed by atoms with Crippen LogP contribution in [0.15, 0.2) is 24.3 Å². The van der Waals surface area contributed by atoms with Crippen molar-refractivity contribution in [2.24, 2.45) is 0 Å². The van der Waals surface area contributed by atoms with Crippen molar-refractivity contribution < 1.29 is 9.18 Å². The van der Waals surface area contributed by atoms with Crippen molar-refractivity contribution in [2.75, 3.05) is 5.32 Å². The van der Waals surface area contributed by atoms with Gasteiger partial charge in [-0.1, -0.05) is 6.07 Å². The Kier molecular flexibility index (Phi) is 2.53. The summed E-state index contributed by atoms with van der Waals surface area (Å²) in [6.45, 7) is 0. The third-order valence-electron chi connectivity index (χ3n) is 1.22. The smallest absolute Gasteiger partial charge is 0.266 e. The normalized spacial score (nSPS) is 9.08. The topological polar surface area (TPSA) is 53.0 Å². The highest BCUT2D eigenvalue weighted by molar-refractivity contribution is 6.30. The van der Waals surface area contributed by atoms with Gasteiger partial charge in [-0.2, -0.15) is 0 Å².